The Hall–Kier alpha value is -2.16. The van der Waals surface area contributed by atoms with Crippen LogP contribution in [0, 0.1) is 0 Å². The largest absolute Gasteiger partial charge is 0.353 e. The molecule has 0 fully saturated rings. The van der Waals surface area contributed by atoms with Gasteiger partial charge in [-0.1, -0.05) is 0 Å². The summed E-state index contributed by atoms with van der Waals surface area (Å²) in [7, 11) is 5.34. The van der Waals surface area contributed by atoms with Crippen LogP contribution in [0.2, 0.25) is 0 Å². The second-order valence-corrected chi connectivity index (χ2v) is 8.70. The Kier molecular flexibility index (Phi) is 6.22. The van der Waals surface area contributed by atoms with Gasteiger partial charge < -0.3 is 9.88 Å². The van der Waals surface area contributed by atoms with Gasteiger partial charge in [-0.15, -0.1) is 0 Å². The number of aromatic nitrogens is 1. The molecule has 1 heterocycles. The van der Waals surface area contributed by atoms with Crippen molar-refractivity contribution in [3.8, 4) is 0 Å². The molecule has 0 bridgehead atoms. The molecule has 0 saturated heterocycles. The topological polar surface area (TPSA) is 74.7 Å². The second-order valence-electron chi connectivity index (χ2n) is 6.55. The van der Waals surface area contributed by atoms with E-state index >= 15 is 0 Å². The van der Waals surface area contributed by atoms with Crippen LogP contribution < -0.4 is 5.32 Å². The van der Waals surface area contributed by atoms with Gasteiger partial charge in [0.1, 0.15) is 0 Å². The summed E-state index contributed by atoms with van der Waals surface area (Å²) >= 11 is 0. The summed E-state index contributed by atoms with van der Waals surface area (Å²) in [6.07, 6.45) is 1.97. The van der Waals surface area contributed by atoms with Gasteiger partial charge in [0.15, 0.2) is 0 Å². The molecule has 2 rings (SSSR count). The van der Waals surface area contributed by atoms with E-state index in [1.54, 1.807) is 0 Å². The first kappa shape index (κ1) is 20.2. The van der Waals surface area contributed by atoms with E-state index in [-0.39, 0.29) is 16.8 Å². The van der Waals surface area contributed by atoms with Crippen molar-refractivity contribution in [1.82, 2.24) is 19.1 Å². The van der Waals surface area contributed by atoms with Crippen molar-refractivity contribution in [3.63, 3.8) is 0 Å². The normalized spacial score (nSPS) is 13.2. The third-order valence-electron chi connectivity index (χ3n) is 4.30. The Labute approximate surface area is 155 Å². The predicted molar refractivity (Wildman–Crippen MR) is 101 cm³/mol. The zero-order valence-electron chi connectivity index (χ0n) is 15.8. The van der Waals surface area contributed by atoms with Crippen LogP contribution >= 0.6 is 0 Å². The molecule has 0 saturated carbocycles. The van der Waals surface area contributed by atoms with Gasteiger partial charge in [-0.3, -0.25) is 9.69 Å². The number of hydrogen-bond donors (Lipinski definition) is 1. The SMILES string of the molecule is CN(C)[C@@H](CNC(=O)c1ccc(S(=O)(=O)N(C)C)cc1)c1cccn1C. The number of aryl methyl sites for hydroxylation is 1. The Bertz CT molecular complexity index is 855. The number of nitrogens with one attached hydrogen (secondary N) is 1. The quantitative estimate of drug-likeness (QED) is 0.788. The molecule has 2 aromatic rings. The maximum absolute atomic E-state index is 12.4. The molecule has 0 aliphatic heterocycles. The van der Waals surface area contributed by atoms with Crippen LogP contribution in [0.1, 0.15) is 22.1 Å². The molecule has 1 aromatic carbocycles. The average Bonchev–Trinajstić information content (AvgIpc) is 3.00. The van der Waals surface area contributed by atoms with Crippen LogP contribution in [0.15, 0.2) is 47.5 Å². The highest BCUT2D eigenvalue weighted by molar-refractivity contribution is 7.89. The maximum atomic E-state index is 12.4. The number of hydrogen-bond acceptors (Lipinski definition) is 4. The Morgan fingerprint density at radius 3 is 2.19 bits per heavy atom. The van der Waals surface area contributed by atoms with Gasteiger partial charge in [0, 0.05) is 45.1 Å². The summed E-state index contributed by atoms with van der Waals surface area (Å²) in [5, 5.41) is 2.92. The van der Waals surface area contributed by atoms with Crippen molar-refractivity contribution in [3.05, 3.63) is 53.9 Å². The average molecular weight is 378 g/mol. The van der Waals surface area contributed by atoms with Crippen molar-refractivity contribution in [1.29, 1.82) is 0 Å². The highest BCUT2D eigenvalue weighted by Gasteiger charge is 2.20. The fraction of sp³-hybridized carbons (Fsp3) is 0.389. The highest BCUT2D eigenvalue weighted by atomic mass is 32.2. The van der Waals surface area contributed by atoms with E-state index < -0.39 is 10.0 Å². The van der Waals surface area contributed by atoms with Gasteiger partial charge in [0.05, 0.1) is 10.9 Å². The van der Waals surface area contributed by atoms with E-state index in [1.807, 2.05) is 48.9 Å². The highest BCUT2D eigenvalue weighted by Crippen LogP contribution is 2.18. The molecule has 0 aliphatic carbocycles. The number of carbonyl (C=O) groups excluding carboxylic acids is 1. The molecular formula is C18H26N4O3S. The van der Waals surface area contributed by atoms with Gasteiger partial charge in [-0.25, -0.2) is 12.7 Å². The lowest BCUT2D eigenvalue weighted by atomic mass is 10.1. The summed E-state index contributed by atoms with van der Waals surface area (Å²) in [5.41, 5.74) is 1.52. The van der Waals surface area contributed by atoms with E-state index in [4.69, 9.17) is 0 Å². The van der Waals surface area contributed by atoms with Crippen molar-refractivity contribution in [2.75, 3.05) is 34.7 Å². The van der Waals surface area contributed by atoms with E-state index in [0.29, 0.717) is 12.1 Å². The molecule has 26 heavy (non-hydrogen) atoms. The third kappa shape index (κ3) is 4.32. The number of carbonyl (C=O) groups is 1. The molecule has 7 nitrogen and oxygen atoms in total. The monoisotopic (exact) mass is 378 g/mol. The van der Waals surface area contributed by atoms with E-state index in [2.05, 4.69) is 5.32 Å². The molecule has 142 valence electrons. The lowest BCUT2D eigenvalue weighted by molar-refractivity contribution is 0.0941. The molecule has 1 N–H and O–H groups in total. The van der Waals surface area contributed by atoms with Crippen LogP contribution in [0.5, 0.6) is 0 Å². The molecule has 1 aromatic heterocycles. The minimum atomic E-state index is -3.50. The lowest BCUT2D eigenvalue weighted by Crippen LogP contribution is -2.35. The Morgan fingerprint density at radius 2 is 1.73 bits per heavy atom. The molecule has 0 unspecified atom stereocenters. The number of amides is 1. The van der Waals surface area contributed by atoms with Gasteiger partial charge in [-0.05, 0) is 50.5 Å². The van der Waals surface area contributed by atoms with Crippen molar-refractivity contribution in [2.24, 2.45) is 7.05 Å². The standard InChI is InChI=1S/C18H26N4O3S/c1-20(2)17(16-7-6-12-22(16)5)13-19-18(23)14-8-10-15(11-9-14)26(24,25)21(3)4/h6-12,17H,13H2,1-5H3,(H,19,23)/t17-/m0/s1. The van der Waals surface area contributed by atoms with Gasteiger partial charge in [0.2, 0.25) is 10.0 Å². The van der Waals surface area contributed by atoms with Gasteiger partial charge in [0.25, 0.3) is 5.91 Å². The van der Waals surface area contributed by atoms with Crippen molar-refractivity contribution < 1.29 is 13.2 Å². The fourth-order valence-corrected chi connectivity index (χ4v) is 3.55. The zero-order chi connectivity index (χ0) is 19.5. The number of benzene rings is 1. The van der Waals surface area contributed by atoms with Gasteiger partial charge in [-0.2, -0.15) is 0 Å². The minimum absolute atomic E-state index is 0.0346. The summed E-state index contributed by atoms with van der Waals surface area (Å²) < 4.78 is 27.3. The molecule has 8 heteroatoms. The molecule has 1 amide bonds. The van der Waals surface area contributed by atoms with Crippen molar-refractivity contribution >= 4 is 15.9 Å². The van der Waals surface area contributed by atoms with E-state index in [1.165, 1.54) is 38.4 Å². The first-order valence-electron chi connectivity index (χ1n) is 8.23. The first-order valence-corrected chi connectivity index (χ1v) is 9.67. The first-order chi connectivity index (χ1) is 12.1. The van der Waals surface area contributed by atoms with E-state index in [9.17, 15) is 13.2 Å². The lowest BCUT2D eigenvalue weighted by Gasteiger charge is -2.25. The molecule has 0 aliphatic rings. The van der Waals surface area contributed by atoms with Crippen LogP contribution in [0.25, 0.3) is 0 Å². The predicted octanol–water partition coefficient (Wildman–Crippen LogP) is 1.31. The molecular weight excluding hydrogens is 352 g/mol. The summed E-state index contributed by atoms with van der Waals surface area (Å²) in [6.45, 7) is 0.446. The van der Waals surface area contributed by atoms with Crippen LogP contribution in [0.4, 0.5) is 0 Å². The number of sulfonamides is 1. The van der Waals surface area contributed by atoms with Crippen LogP contribution in [-0.4, -0.2) is 62.8 Å². The summed E-state index contributed by atoms with van der Waals surface area (Å²) in [5.74, 6) is -0.236. The fourth-order valence-electron chi connectivity index (χ4n) is 2.65. The number of likely N-dealkylation sites (N-methyl/N-ethyl adjacent to an activating group) is 1. The second kappa shape index (κ2) is 8.03. The van der Waals surface area contributed by atoms with Crippen molar-refractivity contribution in [2.45, 2.75) is 10.9 Å². The van der Waals surface area contributed by atoms with E-state index in [0.717, 1.165) is 10.00 Å². The summed E-state index contributed by atoms with van der Waals surface area (Å²) in [4.78, 5) is 14.6. The minimum Gasteiger partial charge on any atom is -0.353 e. The zero-order valence-corrected chi connectivity index (χ0v) is 16.6. The summed E-state index contributed by atoms with van der Waals surface area (Å²) in [6, 6.07) is 9.98. The smallest absolute Gasteiger partial charge is 0.251 e. The third-order valence-corrected chi connectivity index (χ3v) is 6.13. The number of nitrogens with zero attached hydrogens (tertiary/aromatic N) is 3. The number of rotatable bonds is 7. The maximum Gasteiger partial charge on any atom is 0.251 e. The molecule has 1 atom stereocenters. The van der Waals surface area contributed by atoms with Crippen LogP contribution in [-0.2, 0) is 17.1 Å². The van der Waals surface area contributed by atoms with Crippen LogP contribution in [0.3, 0.4) is 0 Å². The molecule has 0 spiro atoms. The van der Waals surface area contributed by atoms with Gasteiger partial charge >= 0.3 is 0 Å². The Balaban J connectivity index is 2.09. The Morgan fingerprint density at radius 1 is 1.12 bits per heavy atom. The molecule has 0 radical (unpaired) electrons.